The van der Waals surface area contributed by atoms with Gasteiger partial charge in [-0.15, -0.1) is 6.58 Å². The Bertz CT molecular complexity index is 669. The lowest BCUT2D eigenvalue weighted by Crippen LogP contribution is -2.00. The molecule has 2 aromatic rings. The van der Waals surface area contributed by atoms with Gasteiger partial charge in [-0.2, -0.15) is 0 Å². The van der Waals surface area contributed by atoms with Crippen LogP contribution in [0, 0.1) is 6.92 Å². The molecule has 0 N–H and O–H groups in total. The molecule has 0 fully saturated rings. The molecule has 1 atom stereocenters. The summed E-state index contributed by atoms with van der Waals surface area (Å²) in [7, 11) is 0. The molecule has 2 heteroatoms. The SMILES string of the molecule is C=CC/C=C\C=C/C(C)c1cc(-c2ccccc2)nc(C)n1. The number of rotatable bonds is 6. The van der Waals surface area contributed by atoms with Crippen molar-refractivity contribution < 1.29 is 0 Å². The molecule has 0 aliphatic rings. The second-order valence-corrected chi connectivity index (χ2v) is 5.22. The third-order valence-corrected chi connectivity index (χ3v) is 3.34. The zero-order chi connectivity index (χ0) is 15.8. The minimum absolute atomic E-state index is 0.248. The van der Waals surface area contributed by atoms with Crippen LogP contribution >= 0.6 is 0 Å². The van der Waals surface area contributed by atoms with Gasteiger partial charge < -0.3 is 0 Å². The number of allylic oxidation sites excluding steroid dienone is 5. The lowest BCUT2D eigenvalue weighted by molar-refractivity contribution is 0.871. The van der Waals surface area contributed by atoms with Crippen molar-refractivity contribution in [3.63, 3.8) is 0 Å². The van der Waals surface area contributed by atoms with Crippen LogP contribution in [0.3, 0.4) is 0 Å². The van der Waals surface area contributed by atoms with E-state index in [4.69, 9.17) is 0 Å². The van der Waals surface area contributed by atoms with Crippen molar-refractivity contribution in [3.05, 3.63) is 84.9 Å². The Morgan fingerprint density at radius 2 is 1.91 bits per heavy atom. The van der Waals surface area contributed by atoms with E-state index in [0.29, 0.717) is 0 Å². The van der Waals surface area contributed by atoms with Gasteiger partial charge in [-0.3, -0.25) is 0 Å². The molecule has 0 saturated heterocycles. The van der Waals surface area contributed by atoms with Crippen LogP contribution < -0.4 is 0 Å². The summed E-state index contributed by atoms with van der Waals surface area (Å²) >= 11 is 0. The van der Waals surface area contributed by atoms with Crippen molar-refractivity contribution >= 4 is 0 Å². The van der Waals surface area contributed by atoms with Crippen LogP contribution in [0.5, 0.6) is 0 Å². The van der Waals surface area contributed by atoms with Gasteiger partial charge in [0, 0.05) is 11.5 Å². The van der Waals surface area contributed by atoms with E-state index in [1.165, 1.54) is 0 Å². The minimum Gasteiger partial charge on any atom is -0.238 e. The van der Waals surface area contributed by atoms with Gasteiger partial charge in [-0.05, 0) is 19.4 Å². The van der Waals surface area contributed by atoms with Crippen LogP contribution in [0.15, 0.2) is 73.4 Å². The van der Waals surface area contributed by atoms with Crippen molar-refractivity contribution in [2.45, 2.75) is 26.2 Å². The first kappa shape index (κ1) is 15.9. The molecule has 0 saturated carbocycles. The summed E-state index contributed by atoms with van der Waals surface area (Å²) in [4.78, 5) is 9.12. The number of nitrogens with zero attached hydrogens (tertiary/aromatic N) is 2. The maximum atomic E-state index is 4.57. The van der Waals surface area contributed by atoms with Gasteiger partial charge in [0.25, 0.3) is 0 Å². The fourth-order valence-electron chi connectivity index (χ4n) is 2.16. The van der Waals surface area contributed by atoms with Gasteiger partial charge >= 0.3 is 0 Å². The molecule has 1 unspecified atom stereocenters. The van der Waals surface area contributed by atoms with Crippen molar-refractivity contribution in [1.82, 2.24) is 9.97 Å². The summed E-state index contributed by atoms with van der Waals surface area (Å²) in [5, 5.41) is 0. The summed E-state index contributed by atoms with van der Waals surface area (Å²) in [6, 6.07) is 12.3. The molecule has 0 aliphatic heterocycles. The van der Waals surface area contributed by atoms with Crippen LogP contribution in [-0.2, 0) is 0 Å². The lowest BCUT2D eigenvalue weighted by Gasteiger charge is -2.09. The maximum Gasteiger partial charge on any atom is 0.126 e. The molecule has 112 valence electrons. The molecule has 1 heterocycles. The summed E-state index contributed by atoms with van der Waals surface area (Å²) < 4.78 is 0. The summed E-state index contributed by atoms with van der Waals surface area (Å²) in [5.41, 5.74) is 3.14. The molecule has 0 radical (unpaired) electrons. The summed E-state index contributed by atoms with van der Waals surface area (Å²) in [5.74, 6) is 1.05. The Labute approximate surface area is 133 Å². The molecule has 22 heavy (non-hydrogen) atoms. The second kappa shape index (κ2) is 8.08. The fourth-order valence-corrected chi connectivity index (χ4v) is 2.16. The highest BCUT2D eigenvalue weighted by Gasteiger charge is 2.08. The molecular weight excluding hydrogens is 268 g/mol. The molecule has 2 nitrogen and oxygen atoms in total. The smallest absolute Gasteiger partial charge is 0.126 e. The largest absolute Gasteiger partial charge is 0.238 e. The zero-order valence-corrected chi connectivity index (χ0v) is 13.2. The molecule has 0 amide bonds. The summed E-state index contributed by atoms with van der Waals surface area (Å²) in [6.45, 7) is 7.78. The van der Waals surface area contributed by atoms with Crippen molar-refractivity contribution in [2.24, 2.45) is 0 Å². The van der Waals surface area contributed by atoms with E-state index in [2.05, 4.69) is 59.9 Å². The van der Waals surface area contributed by atoms with Crippen LogP contribution in [0.2, 0.25) is 0 Å². The number of benzene rings is 1. The Kier molecular flexibility index (Phi) is 5.84. The van der Waals surface area contributed by atoms with Gasteiger partial charge in [0.1, 0.15) is 5.82 Å². The van der Waals surface area contributed by atoms with Gasteiger partial charge in [-0.25, -0.2) is 9.97 Å². The van der Waals surface area contributed by atoms with Crippen LogP contribution in [0.25, 0.3) is 11.3 Å². The minimum atomic E-state index is 0.248. The van der Waals surface area contributed by atoms with Gasteiger partial charge in [0.15, 0.2) is 0 Å². The Morgan fingerprint density at radius 3 is 2.64 bits per heavy atom. The van der Waals surface area contributed by atoms with E-state index < -0.39 is 0 Å². The highest BCUT2D eigenvalue weighted by Crippen LogP contribution is 2.22. The van der Waals surface area contributed by atoms with Gasteiger partial charge in [0.2, 0.25) is 0 Å². The molecule has 0 bridgehead atoms. The average Bonchev–Trinajstić information content (AvgIpc) is 2.54. The van der Waals surface area contributed by atoms with E-state index in [1.807, 2.05) is 37.3 Å². The lowest BCUT2D eigenvalue weighted by atomic mass is 10.0. The quantitative estimate of drug-likeness (QED) is 0.537. The first-order valence-corrected chi connectivity index (χ1v) is 7.56. The first-order valence-electron chi connectivity index (χ1n) is 7.56. The molecule has 2 rings (SSSR count). The van der Waals surface area contributed by atoms with E-state index in [0.717, 1.165) is 29.2 Å². The highest BCUT2D eigenvalue weighted by atomic mass is 14.9. The molecule has 1 aromatic carbocycles. The third-order valence-electron chi connectivity index (χ3n) is 3.34. The van der Waals surface area contributed by atoms with E-state index in [9.17, 15) is 0 Å². The summed E-state index contributed by atoms with van der Waals surface area (Å²) in [6.07, 6.45) is 11.1. The number of hydrogen-bond acceptors (Lipinski definition) is 2. The Morgan fingerprint density at radius 1 is 1.14 bits per heavy atom. The average molecular weight is 290 g/mol. The fraction of sp³-hybridized carbons (Fsp3) is 0.200. The zero-order valence-electron chi connectivity index (χ0n) is 13.2. The molecular formula is C20H22N2. The number of aromatic nitrogens is 2. The number of hydrogen-bond donors (Lipinski definition) is 0. The highest BCUT2D eigenvalue weighted by molar-refractivity contribution is 5.59. The monoisotopic (exact) mass is 290 g/mol. The van der Waals surface area contributed by atoms with E-state index in [1.54, 1.807) is 0 Å². The van der Waals surface area contributed by atoms with E-state index >= 15 is 0 Å². The van der Waals surface area contributed by atoms with E-state index in [-0.39, 0.29) is 5.92 Å². The van der Waals surface area contributed by atoms with Crippen LogP contribution in [-0.4, -0.2) is 9.97 Å². The first-order chi connectivity index (χ1) is 10.7. The molecule has 0 spiro atoms. The Hall–Kier alpha value is -2.48. The predicted molar refractivity (Wildman–Crippen MR) is 93.7 cm³/mol. The van der Waals surface area contributed by atoms with Gasteiger partial charge in [0.05, 0.1) is 11.4 Å². The number of aryl methyl sites for hydroxylation is 1. The Balaban J connectivity index is 2.21. The van der Waals surface area contributed by atoms with Crippen molar-refractivity contribution in [3.8, 4) is 11.3 Å². The molecule has 1 aromatic heterocycles. The standard InChI is InChI=1S/C20H22N2/c1-4-5-6-7-9-12-16(2)19-15-20(22-17(3)21-19)18-13-10-8-11-14-18/h4,6-16H,1,5H2,2-3H3/b7-6-,12-9-. The maximum absolute atomic E-state index is 4.57. The van der Waals surface area contributed by atoms with Crippen LogP contribution in [0.4, 0.5) is 0 Å². The third kappa shape index (κ3) is 4.52. The topological polar surface area (TPSA) is 25.8 Å². The van der Waals surface area contributed by atoms with Gasteiger partial charge in [-0.1, -0.05) is 67.6 Å². The second-order valence-electron chi connectivity index (χ2n) is 5.22. The van der Waals surface area contributed by atoms with Crippen molar-refractivity contribution in [2.75, 3.05) is 0 Å². The normalized spacial score (nSPS) is 12.8. The van der Waals surface area contributed by atoms with Crippen LogP contribution in [0.1, 0.15) is 30.8 Å². The molecule has 0 aliphatic carbocycles. The van der Waals surface area contributed by atoms with Crippen molar-refractivity contribution in [1.29, 1.82) is 0 Å². The predicted octanol–water partition coefficient (Wildman–Crippen LogP) is 5.24.